The maximum Gasteiger partial charge on any atom is 0.326 e. The smallest absolute Gasteiger partial charge is 0.326 e. The van der Waals surface area contributed by atoms with Crippen LogP contribution < -0.4 is 5.32 Å². The van der Waals surface area contributed by atoms with Crippen LogP contribution in [0.5, 0.6) is 0 Å². The number of aromatic nitrogens is 3. The number of aromatic amines is 1. The Morgan fingerprint density at radius 3 is 2.84 bits per heavy atom. The molecule has 2 heterocycles. The number of nitrogens with zero attached hydrogens (tertiary/aromatic N) is 2. The van der Waals surface area contributed by atoms with Crippen molar-refractivity contribution in [3.05, 3.63) is 35.7 Å². The number of aryl methyl sites for hydroxylation is 1. The number of carbonyl (C=O) groups excluding carboxylic acids is 1. The molecular formula is C11H12N4O4. The molecule has 0 fully saturated rings. The van der Waals surface area contributed by atoms with E-state index in [1.54, 1.807) is 6.92 Å². The minimum atomic E-state index is -1.13. The minimum Gasteiger partial charge on any atom is -0.480 e. The maximum atomic E-state index is 11.9. The third-order valence-electron chi connectivity index (χ3n) is 2.58. The number of carboxylic acids is 1. The van der Waals surface area contributed by atoms with Gasteiger partial charge in [0.15, 0.2) is 0 Å². The lowest BCUT2D eigenvalue weighted by molar-refractivity contribution is -0.139. The van der Waals surface area contributed by atoms with Crippen LogP contribution in [-0.2, 0) is 11.2 Å². The highest BCUT2D eigenvalue weighted by Crippen LogP contribution is 2.07. The first-order chi connectivity index (χ1) is 9.08. The molecule has 3 N–H and O–H groups in total. The van der Waals surface area contributed by atoms with E-state index < -0.39 is 17.9 Å². The molecule has 0 saturated carbocycles. The number of hydrogen-bond acceptors (Lipinski definition) is 5. The zero-order chi connectivity index (χ0) is 13.8. The van der Waals surface area contributed by atoms with Crippen LogP contribution >= 0.6 is 0 Å². The SMILES string of the molecule is Cc1oncc1C(=O)N[C@H](Cc1cnc[nH]1)C(=O)O. The van der Waals surface area contributed by atoms with Crippen molar-refractivity contribution in [2.75, 3.05) is 0 Å². The first-order valence-electron chi connectivity index (χ1n) is 5.50. The van der Waals surface area contributed by atoms with Crippen molar-refractivity contribution >= 4 is 11.9 Å². The number of carbonyl (C=O) groups is 2. The lowest BCUT2D eigenvalue weighted by Gasteiger charge is -2.12. The van der Waals surface area contributed by atoms with Gasteiger partial charge in [0.1, 0.15) is 17.4 Å². The van der Waals surface area contributed by atoms with Gasteiger partial charge in [-0.15, -0.1) is 0 Å². The molecule has 0 aliphatic rings. The monoisotopic (exact) mass is 264 g/mol. The molecule has 0 aliphatic carbocycles. The fourth-order valence-corrected chi connectivity index (χ4v) is 1.57. The quantitative estimate of drug-likeness (QED) is 0.705. The van der Waals surface area contributed by atoms with Gasteiger partial charge in [-0.25, -0.2) is 9.78 Å². The summed E-state index contributed by atoms with van der Waals surface area (Å²) >= 11 is 0. The van der Waals surface area contributed by atoms with Crippen LogP contribution in [0.4, 0.5) is 0 Å². The number of aliphatic carboxylic acids is 1. The molecule has 0 saturated heterocycles. The van der Waals surface area contributed by atoms with E-state index in [1.165, 1.54) is 18.7 Å². The number of hydrogen-bond donors (Lipinski definition) is 3. The van der Waals surface area contributed by atoms with Crippen LogP contribution in [0.3, 0.4) is 0 Å². The Morgan fingerprint density at radius 2 is 2.32 bits per heavy atom. The van der Waals surface area contributed by atoms with Crippen molar-refractivity contribution in [1.29, 1.82) is 0 Å². The molecule has 8 nitrogen and oxygen atoms in total. The number of amides is 1. The summed E-state index contributed by atoms with van der Waals surface area (Å²) in [5, 5.41) is 15.0. The molecule has 1 amide bonds. The molecule has 0 spiro atoms. The summed E-state index contributed by atoms with van der Waals surface area (Å²) < 4.78 is 4.76. The van der Waals surface area contributed by atoms with Gasteiger partial charge in [-0.3, -0.25) is 4.79 Å². The van der Waals surface area contributed by atoms with E-state index >= 15 is 0 Å². The Hall–Kier alpha value is -2.64. The largest absolute Gasteiger partial charge is 0.480 e. The molecule has 0 radical (unpaired) electrons. The van der Waals surface area contributed by atoms with Gasteiger partial charge in [-0.05, 0) is 6.92 Å². The first kappa shape index (κ1) is 12.8. The minimum absolute atomic E-state index is 0.116. The molecular weight excluding hydrogens is 252 g/mol. The first-order valence-corrected chi connectivity index (χ1v) is 5.50. The van der Waals surface area contributed by atoms with Crippen molar-refractivity contribution in [1.82, 2.24) is 20.4 Å². The summed E-state index contributed by atoms with van der Waals surface area (Å²) in [5.74, 6) is -1.33. The summed E-state index contributed by atoms with van der Waals surface area (Å²) in [6.07, 6.45) is 4.32. The molecule has 2 aromatic heterocycles. The number of H-pyrrole nitrogens is 1. The Bertz CT molecular complexity index is 575. The zero-order valence-electron chi connectivity index (χ0n) is 10.1. The molecule has 0 bridgehead atoms. The second-order valence-electron chi connectivity index (χ2n) is 3.94. The van der Waals surface area contributed by atoms with Crippen molar-refractivity contribution in [3.8, 4) is 0 Å². The summed E-state index contributed by atoms with van der Waals surface area (Å²) in [5.41, 5.74) is 0.839. The predicted molar refractivity (Wildman–Crippen MR) is 62.4 cm³/mol. The van der Waals surface area contributed by atoms with E-state index in [4.69, 9.17) is 9.63 Å². The molecule has 100 valence electrons. The van der Waals surface area contributed by atoms with E-state index in [0.717, 1.165) is 0 Å². The van der Waals surface area contributed by atoms with E-state index in [2.05, 4.69) is 20.4 Å². The van der Waals surface area contributed by atoms with Gasteiger partial charge < -0.3 is 19.9 Å². The molecule has 0 unspecified atom stereocenters. The van der Waals surface area contributed by atoms with Gasteiger partial charge in [-0.2, -0.15) is 0 Å². The van der Waals surface area contributed by atoms with Gasteiger partial charge in [0.05, 0.1) is 12.5 Å². The van der Waals surface area contributed by atoms with Gasteiger partial charge in [-0.1, -0.05) is 5.16 Å². The van der Waals surface area contributed by atoms with E-state index in [0.29, 0.717) is 11.5 Å². The lowest BCUT2D eigenvalue weighted by atomic mass is 10.1. The summed E-state index contributed by atoms with van der Waals surface area (Å²) in [7, 11) is 0. The summed E-state index contributed by atoms with van der Waals surface area (Å²) in [6, 6.07) is -1.05. The Labute approximate surface area is 107 Å². The maximum absolute atomic E-state index is 11.9. The molecule has 1 atom stereocenters. The van der Waals surface area contributed by atoms with E-state index in [1.807, 2.05) is 0 Å². The molecule has 19 heavy (non-hydrogen) atoms. The second kappa shape index (κ2) is 5.34. The predicted octanol–water partition coefficient (Wildman–Crippen LogP) is 0.132. The van der Waals surface area contributed by atoms with Crippen molar-refractivity contribution in [2.45, 2.75) is 19.4 Å². The summed E-state index contributed by atoms with van der Waals surface area (Å²) in [4.78, 5) is 29.6. The average Bonchev–Trinajstić information content (AvgIpc) is 2.99. The van der Waals surface area contributed by atoms with Gasteiger partial charge >= 0.3 is 5.97 Å². The fourth-order valence-electron chi connectivity index (χ4n) is 1.57. The number of nitrogens with one attached hydrogen (secondary N) is 2. The van der Waals surface area contributed by atoms with Gasteiger partial charge in [0, 0.05) is 18.3 Å². The Morgan fingerprint density at radius 1 is 1.53 bits per heavy atom. The molecule has 8 heteroatoms. The van der Waals surface area contributed by atoms with Crippen LogP contribution in [0, 0.1) is 6.92 Å². The highest BCUT2D eigenvalue weighted by atomic mass is 16.5. The number of carboxylic acid groups (broad SMARTS) is 1. The van der Waals surface area contributed by atoms with E-state index in [9.17, 15) is 9.59 Å². The van der Waals surface area contributed by atoms with Crippen molar-refractivity contribution in [2.24, 2.45) is 0 Å². The van der Waals surface area contributed by atoms with Crippen molar-refractivity contribution in [3.63, 3.8) is 0 Å². The summed E-state index contributed by atoms with van der Waals surface area (Å²) in [6.45, 7) is 1.58. The molecule has 0 aliphatic heterocycles. The van der Waals surface area contributed by atoms with Gasteiger partial charge in [0.2, 0.25) is 0 Å². The number of imidazole rings is 1. The highest BCUT2D eigenvalue weighted by molar-refractivity contribution is 5.97. The Balaban J connectivity index is 2.07. The zero-order valence-corrected chi connectivity index (χ0v) is 10.1. The third-order valence-corrected chi connectivity index (χ3v) is 2.58. The molecule has 2 rings (SSSR count). The van der Waals surface area contributed by atoms with Crippen LogP contribution in [0.25, 0.3) is 0 Å². The standard InChI is InChI=1S/C11H12N4O4/c1-6-8(4-14-19-6)10(16)15-9(11(17)18)2-7-3-12-5-13-7/h3-5,9H,2H2,1H3,(H,12,13)(H,15,16)(H,17,18)/t9-/m1/s1. The van der Waals surface area contributed by atoms with Gasteiger partial charge in [0.25, 0.3) is 5.91 Å². The highest BCUT2D eigenvalue weighted by Gasteiger charge is 2.23. The van der Waals surface area contributed by atoms with E-state index in [-0.39, 0.29) is 12.0 Å². The second-order valence-corrected chi connectivity index (χ2v) is 3.94. The van der Waals surface area contributed by atoms with Crippen LogP contribution in [-0.4, -0.2) is 38.1 Å². The topological polar surface area (TPSA) is 121 Å². The van der Waals surface area contributed by atoms with Crippen LogP contribution in [0.15, 0.2) is 23.2 Å². The van der Waals surface area contributed by atoms with Crippen LogP contribution in [0.1, 0.15) is 21.8 Å². The normalized spacial score (nSPS) is 12.1. The van der Waals surface area contributed by atoms with Crippen LogP contribution in [0.2, 0.25) is 0 Å². The Kier molecular flexibility index (Phi) is 3.60. The number of rotatable bonds is 5. The van der Waals surface area contributed by atoms with Crippen molar-refractivity contribution < 1.29 is 19.2 Å². The molecule has 2 aromatic rings. The third kappa shape index (κ3) is 2.97. The molecule has 0 aromatic carbocycles. The fraction of sp³-hybridized carbons (Fsp3) is 0.273. The lowest BCUT2D eigenvalue weighted by Crippen LogP contribution is -2.42. The average molecular weight is 264 g/mol.